The number of ether oxygens (including phenoxy) is 3. The number of carbonyl (C=O) groups is 2. The lowest BCUT2D eigenvalue weighted by Gasteiger charge is -2.11. The van der Waals surface area contributed by atoms with Crippen molar-refractivity contribution in [3.8, 4) is 11.5 Å². The van der Waals surface area contributed by atoms with E-state index in [0.29, 0.717) is 32.7 Å². The lowest BCUT2D eigenvalue weighted by Crippen LogP contribution is -2.18. The molecular formula is C22H16N4O6S. The summed E-state index contributed by atoms with van der Waals surface area (Å²) in [5.41, 5.74) is 0.746. The highest BCUT2D eigenvalue weighted by Crippen LogP contribution is 2.32. The van der Waals surface area contributed by atoms with Gasteiger partial charge < -0.3 is 19.5 Å². The lowest BCUT2D eigenvalue weighted by molar-refractivity contribution is 0.0469. The Morgan fingerprint density at radius 3 is 2.85 bits per heavy atom. The molecule has 10 nitrogen and oxygen atoms in total. The van der Waals surface area contributed by atoms with Crippen LogP contribution >= 0.6 is 11.3 Å². The van der Waals surface area contributed by atoms with Gasteiger partial charge in [0, 0.05) is 11.6 Å². The zero-order valence-electron chi connectivity index (χ0n) is 17.2. The van der Waals surface area contributed by atoms with E-state index < -0.39 is 11.9 Å². The molecule has 1 aliphatic rings. The fourth-order valence-electron chi connectivity index (χ4n) is 3.25. The Hall–Kier alpha value is -4.25. The van der Waals surface area contributed by atoms with Gasteiger partial charge in [0.1, 0.15) is 11.6 Å². The van der Waals surface area contributed by atoms with Gasteiger partial charge >= 0.3 is 5.97 Å². The normalized spacial score (nSPS) is 12.0. The number of nitrogens with one attached hydrogen (secondary N) is 1. The number of nitrogens with zero attached hydrogens (tertiary/aromatic N) is 3. The number of anilines is 1. The maximum Gasteiger partial charge on any atom is 0.340 e. The second-order valence-corrected chi connectivity index (χ2v) is 8.21. The average molecular weight is 464 g/mol. The fraction of sp³-hybridized carbons (Fsp3) is 0.136. The second-order valence-electron chi connectivity index (χ2n) is 7.05. The molecule has 0 saturated carbocycles. The van der Waals surface area contributed by atoms with Crippen LogP contribution in [0.25, 0.3) is 4.96 Å². The molecule has 0 unspecified atom stereocenters. The first-order valence-corrected chi connectivity index (χ1v) is 10.6. The third-order valence-corrected chi connectivity index (χ3v) is 5.60. The monoisotopic (exact) mass is 464 g/mol. The number of rotatable bonds is 5. The minimum absolute atomic E-state index is 0.103. The summed E-state index contributed by atoms with van der Waals surface area (Å²) in [4.78, 5) is 42.4. The minimum atomic E-state index is -0.668. The molecule has 11 heteroatoms. The van der Waals surface area contributed by atoms with Crippen LogP contribution in [0.4, 0.5) is 5.69 Å². The number of hydrogen-bond acceptors (Lipinski definition) is 9. The molecule has 0 spiro atoms. The van der Waals surface area contributed by atoms with Crippen molar-refractivity contribution < 1.29 is 23.8 Å². The topological polar surface area (TPSA) is 121 Å². The van der Waals surface area contributed by atoms with Gasteiger partial charge in [0.05, 0.1) is 16.9 Å². The molecule has 1 N–H and O–H groups in total. The zero-order valence-corrected chi connectivity index (χ0v) is 18.0. The van der Waals surface area contributed by atoms with Crippen molar-refractivity contribution in [2.75, 3.05) is 12.1 Å². The molecule has 2 aromatic heterocycles. The molecule has 0 aliphatic carbocycles. The van der Waals surface area contributed by atoms with Crippen LogP contribution in [-0.4, -0.2) is 33.3 Å². The van der Waals surface area contributed by atoms with E-state index in [4.69, 9.17) is 14.2 Å². The van der Waals surface area contributed by atoms with Gasteiger partial charge in [-0.1, -0.05) is 23.5 Å². The number of aryl methyl sites for hydroxylation is 1. The van der Waals surface area contributed by atoms with Crippen LogP contribution in [-0.2, 0) is 11.3 Å². The van der Waals surface area contributed by atoms with Crippen LogP contribution in [0.2, 0.25) is 0 Å². The number of hydrogen-bond donors (Lipinski definition) is 1. The fourth-order valence-corrected chi connectivity index (χ4v) is 4.01. The first kappa shape index (κ1) is 20.6. The SMILES string of the molecule is Cc1nn2c(=O)cc(COC(=O)c3ccccc3NC(=O)c3ccc4c(c3)OCO4)nc2s1. The van der Waals surface area contributed by atoms with Crippen molar-refractivity contribution in [3.05, 3.63) is 80.7 Å². The average Bonchev–Trinajstić information content (AvgIpc) is 3.43. The maximum atomic E-state index is 12.7. The first-order chi connectivity index (χ1) is 16.0. The predicted octanol–water partition coefficient (Wildman–Crippen LogP) is 2.80. The molecule has 166 valence electrons. The number of benzene rings is 2. The third-order valence-electron chi connectivity index (χ3n) is 4.78. The molecule has 1 aliphatic heterocycles. The highest BCUT2D eigenvalue weighted by Gasteiger charge is 2.19. The third kappa shape index (κ3) is 4.13. The Morgan fingerprint density at radius 1 is 1.15 bits per heavy atom. The van der Waals surface area contributed by atoms with Crippen molar-refractivity contribution in [2.24, 2.45) is 0 Å². The summed E-state index contributed by atoms with van der Waals surface area (Å²) in [5.74, 6) is -0.0457. The standard InChI is InChI=1S/C22H16N4O6S/c1-12-25-26-19(27)9-14(23-22(26)33-12)10-30-21(29)15-4-2-3-5-16(15)24-20(28)13-6-7-17-18(8-13)32-11-31-17/h2-9H,10-11H2,1H3,(H,24,28). The Balaban J connectivity index is 1.31. The highest BCUT2D eigenvalue weighted by molar-refractivity contribution is 7.16. The van der Waals surface area contributed by atoms with Crippen LogP contribution in [0.15, 0.2) is 53.3 Å². The van der Waals surface area contributed by atoms with Crippen LogP contribution in [0.3, 0.4) is 0 Å². The number of fused-ring (bicyclic) bond motifs is 2. The summed E-state index contributed by atoms with van der Waals surface area (Å²) in [6.45, 7) is 1.67. The number of amides is 1. The molecule has 0 radical (unpaired) electrons. The Kier molecular flexibility index (Phi) is 5.23. The predicted molar refractivity (Wildman–Crippen MR) is 118 cm³/mol. The van der Waals surface area contributed by atoms with Gasteiger partial charge in [-0.3, -0.25) is 9.59 Å². The van der Waals surface area contributed by atoms with E-state index in [1.54, 1.807) is 43.3 Å². The summed E-state index contributed by atoms with van der Waals surface area (Å²) in [6, 6.07) is 12.6. The van der Waals surface area contributed by atoms with Crippen LogP contribution in [0.5, 0.6) is 11.5 Å². The largest absolute Gasteiger partial charge is 0.456 e. The van der Waals surface area contributed by atoms with E-state index in [1.807, 2.05) is 0 Å². The smallest absolute Gasteiger partial charge is 0.340 e. The van der Waals surface area contributed by atoms with Gasteiger partial charge in [0.25, 0.3) is 11.5 Å². The number of aromatic nitrogens is 3. The van der Waals surface area contributed by atoms with Gasteiger partial charge in [-0.2, -0.15) is 9.61 Å². The van der Waals surface area contributed by atoms with Crippen molar-refractivity contribution in [2.45, 2.75) is 13.5 Å². The van der Waals surface area contributed by atoms with Gasteiger partial charge in [-0.25, -0.2) is 9.78 Å². The van der Waals surface area contributed by atoms with E-state index in [-0.39, 0.29) is 30.2 Å². The van der Waals surface area contributed by atoms with Crippen molar-refractivity contribution in [1.82, 2.24) is 14.6 Å². The first-order valence-electron chi connectivity index (χ1n) is 9.81. The van der Waals surface area contributed by atoms with E-state index in [1.165, 1.54) is 28.0 Å². The Morgan fingerprint density at radius 2 is 1.97 bits per heavy atom. The molecule has 0 fully saturated rings. The molecule has 5 rings (SSSR count). The quantitative estimate of drug-likeness (QED) is 0.448. The highest BCUT2D eigenvalue weighted by atomic mass is 32.1. The number of carbonyl (C=O) groups excluding carboxylic acids is 2. The van der Waals surface area contributed by atoms with Crippen molar-refractivity contribution >= 4 is 33.9 Å². The Bertz CT molecular complexity index is 1460. The second kappa shape index (κ2) is 8.36. The molecule has 3 heterocycles. The van der Waals surface area contributed by atoms with Crippen LogP contribution < -0.4 is 20.3 Å². The van der Waals surface area contributed by atoms with Gasteiger partial charge in [0.15, 0.2) is 11.5 Å². The summed E-state index contributed by atoms with van der Waals surface area (Å²) < 4.78 is 17.1. The molecule has 0 saturated heterocycles. The summed E-state index contributed by atoms with van der Waals surface area (Å²) in [7, 11) is 0. The van der Waals surface area contributed by atoms with Gasteiger partial charge in [-0.15, -0.1) is 0 Å². The molecule has 0 atom stereocenters. The van der Waals surface area contributed by atoms with Crippen molar-refractivity contribution in [1.29, 1.82) is 0 Å². The van der Waals surface area contributed by atoms with Gasteiger partial charge in [0.2, 0.25) is 11.8 Å². The molecule has 0 bridgehead atoms. The molecule has 4 aromatic rings. The molecular weight excluding hydrogens is 448 g/mol. The molecule has 2 aromatic carbocycles. The van der Waals surface area contributed by atoms with E-state index in [0.717, 1.165) is 0 Å². The van der Waals surface area contributed by atoms with Gasteiger partial charge in [-0.05, 0) is 37.3 Å². The van der Waals surface area contributed by atoms with E-state index in [9.17, 15) is 14.4 Å². The van der Waals surface area contributed by atoms with Crippen LogP contribution in [0, 0.1) is 6.92 Å². The summed E-state index contributed by atoms with van der Waals surface area (Å²) in [5, 5.41) is 7.49. The van der Waals surface area contributed by atoms with E-state index in [2.05, 4.69) is 15.4 Å². The lowest BCUT2D eigenvalue weighted by atomic mass is 10.1. The molecule has 33 heavy (non-hydrogen) atoms. The molecule has 1 amide bonds. The number of esters is 1. The van der Waals surface area contributed by atoms with Crippen LogP contribution in [0.1, 0.15) is 31.4 Å². The summed E-state index contributed by atoms with van der Waals surface area (Å²) >= 11 is 1.26. The zero-order chi connectivity index (χ0) is 22.9. The minimum Gasteiger partial charge on any atom is -0.456 e. The number of para-hydroxylation sites is 1. The Labute approximate surface area is 190 Å². The van der Waals surface area contributed by atoms with Crippen molar-refractivity contribution in [3.63, 3.8) is 0 Å². The maximum absolute atomic E-state index is 12.7. The van der Waals surface area contributed by atoms with E-state index >= 15 is 0 Å². The summed E-state index contributed by atoms with van der Waals surface area (Å²) in [6.07, 6.45) is 0.